The van der Waals surface area contributed by atoms with Crippen molar-refractivity contribution in [1.29, 1.82) is 0 Å². The van der Waals surface area contributed by atoms with Gasteiger partial charge in [-0.05, 0) is 55.2 Å². The lowest BCUT2D eigenvalue weighted by Gasteiger charge is -2.34. The van der Waals surface area contributed by atoms with Crippen LogP contribution in [0, 0.1) is 0 Å². The summed E-state index contributed by atoms with van der Waals surface area (Å²) >= 11 is 18.7. The molecule has 2 amide bonds. The predicted octanol–water partition coefficient (Wildman–Crippen LogP) is 5.68. The van der Waals surface area contributed by atoms with Gasteiger partial charge < -0.3 is 15.0 Å². The number of sulfonamides is 1. The molecular formula is C27H34Cl3N3O5S. The summed E-state index contributed by atoms with van der Waals surface area (Å²) in [5.74, 6) is -0.639. The number of methoxy groups -OCH3 is 1. The molecule has 1 N–H and O–H groups in total. The lowest BCUT2D eigenvalue weighted by molar-refractivity contribution is -0.140. The first-order chi connectivity index (χ1) is 18.4. The molecule has 1 aliphatic rings. The highest BCUT2D eigenvalue weighted by molar-refractivity contribution is 7.92. The Balaban J connectivity index is 1.99. The minimum atomic E-state index is -3.95. The molecule has 1 saturated carbocycles. The number of nitrogens with zero attached hydrogens (tertiary/aromatic N) is 2. The number of carbonyl (C=O) groups is 2. The van der Waals surface area contributed by atoms with Gasteiger partial charge in [-0.1, -0.05) is 67.1 Å². The van der Waals surface area contributed by atoms with Gasteiger partial charge in [0, 0.05) is 27.7 Å². The number of ether oxygens (including phenoxy) is 1. The highest BCUT2D eigenvalue weighted by Crippen LogP contribution is 2.33. The van der Waals surface area contributed by atoms with E-state index in [4.69, 9.17) is 39.5 Å². The van der Waals surface area contributed by atoms with E-state index in [1.54, 1.807) is 24.3 Å². The van der Waals surface area contributed by atoms with Gasteiger partial charge in [0.1, 0.15) is 18.3 Å². The van der Waals surface area contributed by atoms with Gasteiger partial charge in [-0.2, -0.15) is 0 Å². The Bertz CT molecular complexity index is 1290. The molecule has 0 radical (unpaired) electrons. The Morgan fingerprint density at radius 2 is 1.69 bits per heavy atom. The molecule has 0 aliphatic heterocycles. The maximum atomic E-state index is 13.9. The van der Waals surface area contributed by atoms with E-state index in [-0.39, 0.29) is 35.0 Å². The van der Waals surface area contributed by atoms with Gasteiger partial charge in [0.05, 0.1) is 19.1 Å². The molecule has 39 heavy (non-hydrogen) atoms. The molecule has 214 valence electrons. The Labute approximate surface area is 245 Å². The van der Waals surface area contributed by atoms with E-state index in [0.29, 0.717) is 22.0 Å². The SMILES string of the molecule is CC[C@@H](C(=O)NC1CCCCC1)N(Cc1ccc(Cl)cc1Cl)C(=O)CN(c1cc(Cl)ccc1OC)S(C)(=O)=O. The van der Waals surface area contributed by atoms with Crippen molar-refractivity contribution >= 4 is 62.3 Å². The summed E-state index contributed by atoms with van der Waals surface area (Å²) in [6.07, 6.45) is 6.29. The number of benzene rings is 2. The Kier molecular flexibility index (Phi) is 11.2. The summed E-state index contributed by atoms with van der Waals surface area (Å²) in [7, 11) is -2.56. The van der Waals surface area contributed by atoms with Crippen molar-refractivity contribution in [2.75, 3.05) is 24.2 Å². The van der Waals surface area contributed by atoms with E-state index in [0.717, 1.165) is 42.7 Å². The Morgan fingerprint density at radius 3 is 2.28 bits per heavy atom. The topological polar surface area (TPSA) is 96.0 Å². The number of rotatable bonds is 11. The van der Waals surface area contributed by atoms with Crippen molar-refractivity contribution in [3.8, 4) is 5.75 Å². The Hall–Kier alpha value is -2.20. The second-order valence-corrected chi connectivity index (χ2v) is 12.8. The minimum Gasteiger partial charge on any atom is -0.495 e. The van der Waals surface area contributed by atoms with E-state index in [2.05, 4.69) is 5.32 Å². The molecule has 0 spiro atoms. The summed E-state index contributed by atoms with van der Waals surface area (Å²) in [4.78, 5) is 28.8. The lowest BCUT2D eigenvalue weighted by atomic mass is 9.95. The molecule has 3 rings (SSSR count). The van der Waals surface area contributed by atoms with Gasteiger partial charge in [-0.25, -0.2) is 8.42 Å². The van der Waals surface area contributed by atoms with Crippen LogP contribution in [-0.4, -0.2) is 57.1 Å². The fraction of sp³-hybridized carbons (Fsp3) is 0.481. The zero-order chi connectivity index (χ0) is 28.7. The quantitative estimate of drug-likeness (QED) is 0.350. The molecule has 0 heterocycles. The standard InChI is InChI=1S/C27H34Cl3N3O5S/c1-4-23(27(35)31-21-8-6-5-7-9-21)32(16-18-10-11-19(28)14-22(18)30)26(34)17-33(39(3,36)37)24-15-20(29)12-13-25(24)38-2/h10-15,21,23H,4-9,16-17H2,1-3H3,(H,31,35)/t23-/m0/s1. The third-order valence-corrected chi connectivity index (χ3v) is 8.73. The summed E-state index contributed by atoms with van der Waals surface area (Å²) in [6, 6.07) is 8.58. The Morgan fingerprint density at radius 1 is 1.05 bits per heavy atom. The van der Waals surface area contributed by atoms with Crippen LogP contribution in [0.4, 0.5) is 5.69 Å². The van der Waals surface area contributed by atoms with Crippen LogP contribution in [0.3, 0.4) is 0 Å². The monoisotopic (exact) mass is 617 g/mol. The van der Waals surface area contributed by atoms with Crippen LogP contribution in [0.5, 0.6) is 5.75 Å². The molecule has 0 unspecified atom stereocenters. The highest BCUT2D eigenvalue weighted by Gasteiger charge is 2.34. The molecule has 12 heteroatoms. The fourth-order valence-corrected chi connectivity index (χ4v) is 6.23. The van der Waals surface area contributed by atoms with Gasteiger partial charge in [0.2, 0.25) is 21.8 Å². The van der Waals surface area contributed by atoms with Crippen LogP contribution >= 0.6 is 34.8 Å². The van der Waals surface area contributed by atoms with Crippen LogP contribution in [0.2, 0.25) is 15.1 Å². The van der Waals surface area contributed by atoms with Gasteiger partial charge >= 0.3 is 0 Å². The van der Waals surface area contributed by atoms with Gasteiger partial charge in [0.25, 0.3) is 0 Å². The molecule has 0 bridgehead atoms. The predicted molar refractivity (Wildman–Crippen MR) is 156 cm³/mol. The maximum absolute atomic E-state index is 13.9. The van der Waals surface area contributed by atoms with E-state index in [1.165, 1.54) is 24.1 Å². The second-order valence-electron chi connectivity index (χ2n) is 9.61. The lowest BCUT2D eigenvalue weighted by Crippen LogP contribution is -2.54. The molecular weight excluding hydrogens is 585 g/mol. The summed E-state index contributed by atoms with van der Waals surface area (Å²) in [6.45, 7) is 1.22. The summed E-state index contributed by atoms with van der Waals surface area (Å²) in [5, 5.41) is 4.14. The van der Waals surface area contributed by atoms with Crippen molar-refractivity contribution in [3.63, 3.8) is 0 Å². The van der Waals surface area contributed by atoms with Gasteiger partial charge in [-0.3, -0.25) is 13.9 Å². The van der Waals surface area contributed by atoms with Gasteiger partial charge in [-0.15, -0.1) is 0 Å². The summed E-state index contributed by atoms with van der Waals surface area (Å²) < 4.78 is 32.1. The fourth-order valence-electron chi connectivity index (χ4n) is 4.75. The zero-order valence-electron chi connectivity index (χ0n) is 22.3. The average molecular weight is 619 g/mol. The van der Waals surface area contributed by atoms with Crippen LogP contribution in [0.1, 0.15) is 51.0 Å². The normalized spacial score (nSPS) is 14.9. The smallest absolute Gasteiger partial charge is 0.244 e. The van der Waals surface area contributed by atoms with Crippen LogP contribution in [0.25, 0.3) is 0 Å². The van der Waals surface area contributed by atoms with Crippen molar-refractivity contribution in [2.24, 2.45) is 0 Å². The summed E-state index contributed by atoms with van der Waals surface area (Å²) in [5.41, 5.74) is 0.689. The minimum absolute atomic E-state index is 0.0181. The average Bonchev–Trinajstić information content (AvgIpc) is 2.88. The van der Waals surface area contributed by atoms with E-state index in [9.17, 15) is 18.0 Å². The molecule has 2 aromatic carbocycles. The zero-order valence-corrected chi connectivity index (χ0v) is 25.3. The van der Waals surface area contributed by atoms with Crippen molar-refractivity contribution in [3.05, 3.63) is 57.0 Å². The molecule has 1 fully saturated rings. The molecule has 0 aromatic heterocycles. The van der Waals surface area contributed by atoms with E-state index >= 15 is 0 Å². The number of amides is 2. The van der Waals surface area contributed by atoms with Crippen LogP contribution in [0.15, 0.2) is 36.4 Å². The van der Waals surface area contributed by atoms with Gasteiger partial charge in [0.15, 0.2) is 0 Å². The molecule has 1 aliphatic carbocycles. The number of nitrogens with one attached hydrogen (secondary N) is 1. The van der Waals surface area contributed by atoms with Crippen LogP contribution in [-0.2, 0) is 26.2 Å². The van der Waals surface area contributed by atoms with Crippen LogP contribution < -0.4 is 14.4 Å². The number of halogens is 3. The van der Waals surface area contributed by atoms with E-state index in [1.807, 2.05) is 6.92 Å². The number of anilines is 1. The second kappa shape index (κ2) is 13.9. The number of hydrogen-bond donors (Lipinski definition) is 1. The largest absolute Gasteiger partial charge is 0.495 e. The first-order valence-electron chi connectivity index (χ1n) is 12.8. The third-order valence-electron chi connectivity index (χ3n) is 6.78. The van der Waals surface area contributed by atoms with Crippen molar-refractivity contribution < 1.29 is 22.7 Å². The molecule has 1 atom stereocenters. The third kappa shape index (κ3) is 8.39. The van der Waals surface area contributed by atoms with E-state index < -0.39 is 28.5 Å². The van der Waals surface area contributed by atoms with Crippen molar-refractivity contribution in [2.45, 2.75) is 64.1 Å². The first-order valence-corrected chi connectivity index (χ1v) is 15.8. The number of hydrogen-bond acceptors (Lipinski definition) is 5. The van der Waals surface area contributed by atoms with Crippen molar-refractivity contribution in [1.82, 2.24) is 10.2 Å². The number of carbonyl (C=O) groups excluding carboxylic acids is 2. The molecule has 2 aromatic rings. The highest BCUT2D eigenvalue weighted by atomic mass is 35.5. The first kappa shape index (κ1) is 31.3. The molecule has 0 saturated heterocycles. The maximum Gasteiger partial charge on any atom is 0.244 e. The molecule has 8 nitrogen and oxygen atoms in total.